The third-order valence-electron chi connectivity index (χ3n) is 3.39. The molecule has 0 aliphatic heterocycles. The summed E-state index contributed by atoms with van der Waals surface area (Å²) in [5.74, 6) is 0.342. The summed E-state index contributed by atoms with van der Waals surface area (Å²) in [6.07, 6.45) is 3.33. The highest BCUT2D eigenvalue weighted by Crippen LogP contribution is 2.23. The van der Waals surface area contributed by atoms with Gasteiger partial charge in [0.1, 0.15) is 11.4 Å². The van der Waals surface area contributed by atoms with E-state index >= 15 is 0 Å². The Morgan fingerprint density at radius 1 is 1.18 bits per heavy atom. The summed E-state index contributed by atoms with van der Waals surface area (Å²) in [6.45, 7) is 6.11. The second-order valence-electron chi connectivity index (χ2n) is 4.99. The van der Waals surface area contributed by atoms with Gasteiger partial charge >= 0.3 is 0 Å². The molecular weight excluding hydrogens is 294 g/mol. The molecule has 2 rings (SSSR count). The van der Waals surface area contributed by atoms with Crippen LogP contribution < -0.4 is 5.32 Å². The first kappa shape index (κ1) is 16.5. The zero-order valence-electron chi connectivity index (χ0n) is 13.2. The van der Waals surface area contributed by atoms with E-state index in [4.69, 9.17) is 0 Å². The molecule has 0 fully saturated rings. The van der Waals surface area contributed by atoms with Gasteiger partial charge in [-0.3, -0.25) is 4.79 Å². The van der Waals surface area contributed by atoms with Gasteiger partial charge in [-0.2, -0.15) is 0 Å². The Bertz CT molecular complexity index is 636. The number of para-hydroxylation sites is 1. The van der Waals surface area contributed by atoms with Gasteiger partial charge in [-0.25, -0.2) is 9.97 Å². The highest BCUT2D eigenvalue weighted by Gasteiger charge is 2.10. The lowest BCUT2D eigenvalue weighted by Crippen LogP contribution is -2.16. The van der Waals surface area contributed by atoms with Crippen LogP contribution in [0.15, 0.2) is 35.6 Å². The van der Waals surface area contributed by atoms with Crippen LogP contribution in [0.5, 0.6) is 0 Å². The number of carbonyl (C=O) groups excluding carboxylic acids is 1. The Morgan fingerprint density at radius 2 is 1.86 bits per heavy atom. The number of anilines is 1. The predicted octanol–water partition coefficient (Wildman–Crippen LogP) is 3.64. The summed E-state index contributed by atoms with van der Waals surface area (Å²) >= 11 is 1.43. The quantitative estimate of drug-likeness (QED) is 0.653. The average Bonchev–Trinajstić information content (AvgIpc) is 2.53. The second kappa shape index (κ2) is 7.94. The SMILES string of the molecule is CCc1cccc(CC)c1NC(=O)CSc1cc(C)ncn1. The third-order valence-corrected chi connectivity index (χ3v) is 4.32. The van der Waals surface area contributed by atoms with Crippen molar-refractivity contribution in [2.45, 2.75) is 38.6 Å². The Hall–Kier alpha value is -1.88. The summed E-state index contributed by atoms with van der Waals surface area (Å²) in [4.78, 5) is 20.4. The first-order chi connectivity index (χ1) is 10.6. The van der Waals surface area contributed by atoms with Crippen LogP contribution in [0.1, 0.15) is 30.7 Å². The Morgan fingerprint density at radius 3 is 2.45 bits per heavy atom. The lowest BCUT2D eigenvalue weighted by atomic mass is 10.0. The van der Waals surface area contributed by atoms with E-state index in [-0.39, 0.29) is 5.91 Å². The average molecular weight is 315 g/mol. The largest absolute Gasteiger partial charge is 0.325 e. The predicted molar refractivity (Wildman–Crippen MR) is 91.3 cm³/mol. The molecule has 1 amide bonds. The zero-order valence-corrected chi connectivity index (χ0v) is 14.0. The molecule has 0 bridgehead atoms. The fourth-order valence-electron chi connectivity index (χ4n) is 2.23. The summed E-state index contributed by atoms with van der Waals surface area (Å²) in [5.41, 5.74) is 4.23. The molecule has 0 saturated carbocycles. The third kappa shape index (κ3) is 4.31. The molecule has 1 aromatic heterocycles. The normalized spacial score (nSPS) is 10.5. The molecule has 0 spiro atoms. The van der Waals surface area contributed by atoms with E-state index in [1.54, 1.807) is 0 Å². The molecular formula is C17H21N3OS. The highest BCUT2D eigenvalue weighted by atomic mass is 32.2. The number of amides is 1. The minimum atomic E-state index is -0.00290. The smallest absolute Gasteiger partial charge is 0.234 e. The fourth-order valence-corrected chi connectivity index (χ4v) is 2.95. The molecule has 1 N–H and O–H groups in total. The van der Waals surface area contributed by atoms with Gasteiger partial charge in [-0.05, 0) is 37.0 Å². The molecule has 1 heterocycles. The van der Waals surface area contributed by atoms with Crippen LogP contribution in [-0.4, -0.2) is 21.6 Å². The standard InChI is InChI=1S/C17H21N3OS/c1-4-13-7-6-8-14(5-2)17(13)20-15(21)10-22-16-9-12(3)18-11-19-16/h6-9,11H,4-5,10H2,1-3H3,(H,20,21). The lowest BCUT2D eigenvalue weighted by Gasteiger charge is -2.14. The summed E-state index contributed by atoms with van der Waals surface area (Å²) < 4.78 is 0. The number of hydrogen-bond donors (Lipinski definition) is 1. The van der Waals surface area contributed by atoms with Gasteiger partial charge in [0.05, 0.1) is 5.75 Å². The van der Waals surface area contributed by atoms with Crippen LogP contribution in [0.2, 0.25) is 0 Å². The van der Waals surface area contributed by atoms with Crippen LogP contribution in [0.25, 0.3) is 0 Å². The van der Waals surface area contributed by atoms with Crippen LogP contribution in [0.3, 0.4) is 0 Å². The van der Waals surface area contributed by atoms with E-state index in [2.05, 4.69) is 41.3 Å². The van der Waals surface area contributed by atoms with Gasteiger partial charge in [0, 0.05) is 11.4 Å². The zero-order chi connectivity index (χ0) is 15.9. The number of hydrogen-bond acceptors (Lipinski definition) is 4. The minimum absolute atomic E-state index is 0.00290. The van der Waals surface area contributed by atoms with Crippen molar-refractivity contribution in [1.82, 2.24) is 9.97 Å². The number of nitrogens with zero attached hydrogens (tertiary/aromatic N) is 2. The first-order valence-corrected chi connectivity index (χ1v) is 8.44. The highest BCUT2D eigenvalue weighted by molar-refractivity contribution is 7.99. The number of nitrogens with one attached hydrogen (secondary N) is 1. The van der Waals surface area contributed by atoms with E-state index in [0.29, 0.717) is 5.75 Å². The van der Waals surface area contributed by atoms with Crippen molar-refractivity contribution in [1.29, 1.82) is 0 Å². The second-order valence-corrected chi connectivity index (χ2v) is 5.99. The van der Waals surface area contributed by atoms with E-state index < -0.39 is 0 Å². The first-order valence-electron chi connectivity index (χ1n) is 7.46. The summed E-state index contributed by atoms with van der Waals surface area (Å²) in [7, 11) is 0. The fraction of sp³-hybridized carbons (Fsp3) is 0.353. The van der Waals surface area contributed by atoms with E-state index in [9.17, 15) is 4.79 Å². The molecule has 1 aromatic carbocycles. The maximum atomic E-state index is 12.2. The molecule has 0 saturated heterocycles. The van der Waals surface area contributed by atoms with Gasteiger partial charge in [0.15, 0.2) is 0 Å². The molecule has 2 aromatic rings. The van der Waals surface area contributed by atoms with Crippen LogP contribution in [0.4, 0.5) is 5.69 Å². The number of thioether (sulfide) groups is 1. The van der Waals surface area contributed by atoms with Crippen molar-refractivity contribution < 1.29 is 4.79 Å². The van der Waals surface area contributed by atoms with Crippen molar-refractivity contribution in [2.75, 3.05) is 11.1 Å². The molecule has 0 unspecified atom stereocenters. The Labute approximate surface area is 135 Å². The number of benzene rings is 1. The van der Waals surface area contributed by atoms with E-state index in [1.165, 1.54) is 29.2 Å². The molecule has 22 heavy (non-hydrogen) atoms. The number of carbonyl (C=O) groups is 1. The monoisotopic (exact) mass is 315 g/mol. The van der Waals surface area contributed by atoms with Crippen LogP contribution in [-0.2, 0) is 17.6 Å². The van der Waals surface area contributed by atoms with Gasteiger partial charge in [-0.15, -0.1) is 0 Å². The molecule has 5 heteroatoms. The van der Waals surface area contributed by atoms with Crippen LogP contribution in [0, 0.1) is 6.92 Å². The topological polar surface area (TPSA) is 54.9 Å². The maximum absolute atomic E-state index is 12.2. The molecule has 116 valence electrons. The minimum Gasteiger partial charge on any atom is -0.325 e. The van der Waals surface area contributed by atoms with E-state index in [0.717, 1.165) is 29.2 Å². The number of aromatic nitrogens is 2. The Kier molecular flexibility index (Phi) is 5.95. The molecule has 0 aliphatic rings. The molecule has 0 atom stereocenters. The van der Waals surface area contributed by atoms with Gasteiger partial charge in [0.2, 0.25) is 5.91 Å². The lowest BCUT2D eigenvalue weighted by molar-refractivity contribution is -0.113. The maximum Gasteiger partial charge on any atom is 0.234 e. The van der Waals surface area contributed by atoms with Crippen molar-refractivity contribution in [3.63, 3.8) is 0 Å². The molecule has 0 radical (unpaired) electrons. The molecule has 4 nitrogen and oxygen atoms in total. The van der Waals surface area contributed by atoms with Crippen LogP contribution >= 0.6 is 11.8 Å². The number of rotatable bonds is 6. The number of aryl methyl sites for hydroxylation is 3. The van der Waals surface area contributed by atoms with Gasteiger partial charge in [-0.1, -0.05) is 43.8 Å². The van der Waals surface area contributed by atoms with Crippen molar-refractivity contribution in [3.8, 4) is 0 Å². The van der Waals surface area contributed by atoms with Crippen molar-refractivity contribution >= 4 is 23.4 Å². The van der Waals surface area contributed by atoms with Crippen molar-refractivity contribution in [2.24, 2.45) is 0 Å². The molecule has 0 aliphatic carbocycles. The van der Waals surface area contributed by atoms with E-state index in [1.807, 2.05) is 19.1 Å². The summed E-state index contributed by atoms with van der Waals surface area (Å²) in [5, 5.41) is 3.88. The van der Waals surface area contributed by atoms with Gasteiger partial charge in [0.25, 0.3) is 0 Å². The Balaban J connectivity index is 2.03. The van der Waals surface area contributed by atoms with Crippen molar-refractivity contribution in [3.05, 3.63) is 47.4 Å². The summed E-state index contributed by atoms with van der Waals surface area (Å²) in [6, 6.07) is 8.06. The van der Waals surface area contributed by atoms with Gasteiger partial charge < -0.3 is 5.32 Å².